The van der Waals surface area contributed by atoms with Gasteiger partial charge in [0, 0.05) is 29.2 Å². The number of hydrogen-bond donors (Lipinski definition) is 2. The highest BCUT2D eigenvalue weighted by Crippen LogP contribution is 2.35. The highest BCUT2D eigenvalue weighted by Gasteiger charge is 2.18. The predicted molar refractivity (Wildman–Crippen MR) is 123 cm³/mol. The Morgan fingerprint density at radius 3 is 2.47 bits per heavy atom. The van der Waals surface area contributed by atoms with Crippen molar-refractivity contribution in [2.24, 2.45) is 0 Å². The predicted octanol–water partition coefficient (Wildman–Crippen LogP) is 5.98. The Bertz CT molecular complexity index is 1090. The lowest BCUT2D eigenvalue weighted by Gasteiger charge is -2.03. The van der Waals surface area contributed by atoms with Crippen molar-refractivity contribution in [1.29, 1.82) is 0 Å². The number of thiophene rings is 1. The van der Waals surface area contributed by atoms with Crippen molar-refractivity contribution in [3.05, 3.63) is 76.4 Å². The highest BCUT2D eigenvalue weighted by atomic mass is 35.5. The maximum Gasteiger partial charge on any atom is 0.339 e. The molecule has 6 nitrogen and oxygen atoms in total. The molecule has 0 spiro atoms. The summed E-state index contributed by atoms with van der Waals surface area (Å²) in [5.74, 6) is -0.930. The van der Waals surface area contributed by atoms with Crippen molar-refractivity contribution in [2.75, 3.05) is 12.4 Å². The van der Waals surface area contributed by atoms with Crippen molar-refractivity contribution in [1.82, 2.24) is 9.61 Å². The van der Waals surface area contributed by atoms with Gasteiger partial charge in [-0.15, -0.1) is 11.3 Å². The van der Waals surface area contributed by atoms with E-state index in [1.54, 1.807) is 29.8 Å². The topological polar surface area (TPSA) is 83.7 Å². The molecule has 3 aromatic heterocycles. The van der Waals surface area contributed by atoms with Crippen molar-refractivity contribution in [3.63, 3.8) is 0 Å². The van der Waals surface area contributed by atoms with Crippen LogP contribution in [0.2, 0.25) is 5.02 Å². The van der Waals surface area contributed by atoms with Gasteiger partial charge in [-0.25, -0.2) is 9.31 Å². The summed E-state index contributed by atoms with van der Waals surface area (Å²) in [5.41, 5.74) is 3.28. The molecule has 0 fully saturated rings. The number of aromatic nitrogens is 2. The highest BCUT2D eigenvalue weighted by molar-refractivity contribution is 7.15. The van der Waals surface area contributed by atoms with Crippen molar-refractivity contribution in [2.45, 2.75) is 13.8 Å². The largest absolute Gasteiger partial charge is 0.478 e. The number of anilines is 1. The van der Waals surface area contributed by atoms with E-state index < -0.39 is 5.97 Å². The molecule has 0 saturated carbocycles. The number of nitrogens with zero attached hydrogens (tertiary/aromatic N) is 2. The SMILES string of the molecule is CC.CNc1scc(-c2ccc(Cl)cc2)c1C(=O)O.O=Cc1cc2ccccn2n1. The number of aldehydes is 1. The Kier molecular flexibility index (Phi) is 8.58. The second kappa shape index (κ2) is 11.1. The van der Waals surface area contributed by atoms with E-state index in [2.05, 4.69) is 10.4 Å². The first-order valence-corrected chi connectivity index (χ1v) is 10.5. The molecule has 0 amide bonds. The number of carbonyl (C=O) groups is 2. The lowest BCUT2D eigenvalue weighted by molar-refractivity contribution is 0.0699. The van der Waals surface area contributed by atoms with Gasteiger partial charge in [0.05, 0.1) is 5.52 Å². The van der Waals surface area contributed by atoms with Crippen LogP contribution in [0, 0.1) is 0 Å². The molecule has 0 radical (unpaired) electrons. The minimum absolute atomic E-state index is 0.305. The molecule has 156 valence electrons. The molecule has 0 aliphatic heterocycles. The average Bonchev–Trinajstić information content (AvgIpc) is 3.40. The summed E-state index contributed by atoms with van der Waals surface area (Å²) >= 11 is 7.19. The second-order valence-electron chi connectivity index (χ2n) is 5.67. The summed E-state index contributed by atoms with van der Waals surface area (Å²) in [7, 11) is 1.71. The molecule has 0 aliphatic rings. The quantitative estimate of drug-likeness (QED) is 0.379. The van der Waals surface area contributed by atoms with Gasteiger partial charge in [0.1, 0.15) is 16.3 Å². The summed E-state index contributed by atoms with van der Waals surface area (Å²) in [4.78, 5) is 21.5. The fourth-order valence-corrected chi connectivity index (χ4v) is 3.66. The molecule has 0 aliphatic carbocycles. The number of nitrogens with one attached hydrogen (secondary N) is 1. The number of rotatable bonds is 4. The number of benzene rings is 1. The van der Waals surface area contributed by atoms with E-state index in [1.165, 1.54) is 11.3 Å². The molecular formula is C22H22ClN3O3S. The fraction of sp³-hybridized carbons (Fsp3) is 0.136. The lowest BCUT2D eigenvalue weighted by atomic mass is 10.0. The van der Waals surface area contributed by atoms with E-state index in [9.17, 15) is 14.7 Å². The summed E-state index contributed by atoms with van der Waals surface area (Å²) < 4.78 is 1.67. The minimum atomic E-state index is -0.930. The van der Waals surface area contributed by atoms with Gasteiger partial charge in [-0.05, 0) is 35.9 Å². The Labute approximate surface area is 183 Å². The van der Waals surface area contributed by atoms with Gasteiger partial charge in [0.25, 0.3) is 0 Å². The minimum Gasteiger partial charge on any atom is -0.478 e. The van der Waals surface area contributed by atoms with Crippen LogP contribution in [-0.4, -0.2) is 34.0 Å². The zero-order valence-corrected chi connectivity index (χ0v) is 18.4. The van der Waals surface area contributed by atoms with Crippen molar-refractivity contribution in [3.8, 4) is 11.1 Å². The first-order chi connectivity index (χ1) is 14.5. The molecule has 0 saturated heterocycles. The van der Waals surface area contributed by atoms with E-state index in [0.29, 0.717) is 26.8 Å². The third-order valence-electron chi connectivity index (χ3n) is 3.90. The van der Waals surface area contributed by atoms with Crippen LogP contribution in [0.4, 0.5) is 5.00 Å². The number of halogens is 1. The van der Waals surface area contributed by atoms with Crippen LogP contribution in [0.1, 0.15) is 34.7 Å². The first-order valence-electron chi connectivity index (χ1n) is 9.21. The van der Waals surface area contributed by atoms with Gasteiger partial charge < -0.3 is 10.4 Å². The number of carboxylic acid groups (broad SMARTS) is 1. The molecule has 0 atom stereocenters. The van der Waals surface area contributed by atoms with Crippen LogP contribution in [0.25, 0.3) is 16.6 Å². The number of aromatic carboxylic acids is 1. The number of fused-ring (bicyclic) bond motifs is 1. The van der Waals surface area contributed by atoms with Crippen LogP contribution in [0.15, 0.2) is 60.1 Å². The standard InChI is InChI=1S/C12H10ClNO2S.C8H6N2O.C2H6/c1-14-11-10(12(15)16)9(6-17-11)7-2-4-8(13)5-3-7;11-6-7-5-8-3-1-2-4-10(8)9-7;1-2/h2-6,14H,1H3,(H,15,16);1-6H;1-2H3. The van der Waals surface area contributed by atoms with Gasteiger partial charge in [0.2, 0.25) is 0 Å². The molecule has 8 heteroatoms. The van der Waals surface area contributed by atoms with Gasteiger partial charge in [-0.3, -0.25) is 4.79 Å². The Morgan fingerprint density at radius 2 is 1.90 bits per heavy atom. The van der Waals surface area contributed by atoms with E-state index in [1.807, 2.05) is 55.8 Å². The zero-order chi connectivity index (χ0) is 22.1. The zero-order valence-electron chi connectivity index (χ0n) is 16.8. The summed E-state index contributed by atoms with van der Waals surface area (Å²) in [5, 5.41) is 19.2. The van der Waals surface area contributed by atoms with E-state index in [0.717, 1.165) is 17.4 Å². The molecular weight excluding hydrogens is 422 g/mol. The van der Waals surface area contributed by atoms with Crippen LogP contribution in [0.5, 0.6) is 0 Å². The summed E-state index contributed by atoms with van der Waals surface area (Å²) in [6.07, 6.45) is 2.55. The number of pyridine rings is 1. The van der Waals surface area contributed by atoms with Gasteiger partial charge in [-0.1, -0.05) is 43.6 Å². The summed E-state index contributed by atoms with van der Waals surface area (Å²) in [6, 6.07) is 14.6. The fourth-order valence-electron chi connectivity index (χ4n) is 2.61. The lowest BCUT2D eigenvalue weighted by Crippen LogP contribution is -2.00. The van der Waals surface area contributed by atoms with Gasteiger partial charge in [0.15, 0.2) is 6.29 Å². The van der Waals surface area contributed by atoms with Gasteiger partial charge in [-0.2, -0.15) is 5.10 Å². The molecule has 0 bridgehead atoms. The Hall–Kier alpha value is -3.16. The normalized spacial score (nSPS) is 9.73. The van der Waals surface area contributed by atoms with E-state index in [4.69, 9.17) is 11.6 Å². The maximum atomic E-state index is 11.2. The van der Waals surface area contributed by atoms with Crippen LogP contribution in [0.3, 0.4) is 0 Å². The van der Waals surface area contributed by atoms with E-state index in [-0.39, 0.29) is 0 Å². The summed E-state index contributed by atoms with van der Waals surface area (Å²) in [6.45, 7) is 4.00. The third kappa shape index (κ3) is 5.46. The molecule has 2 N–H and O–H groups in total. The number of carbonyl (C=O) groups excluding carboxylic acids is 1. The number of hydrogen-bond acceptors (Lipinski definition) is 5. The Morgan fingerprint density at radius 1 is 1.20 bits per heavy atom. The smallest absolute Gasteiger partial charge is 0.339 e. The van der Waals surface area contributed by atoms with E-state index >= 15 is 0 Å². The maximum absolute atomic E-state index is 11.2. The second-order valence-corrected chi connectivity index (χ2v) is 6.99. The van der Waals surface area contributed by atoms with Crippen LogP contribution >= 0.6 is 22.9 Å². The molecule has 0 unspecified atom stereocenters. The molecule has 4 rings (SSSR count). The third-order valence-corrected chi connectivity index (χ3v) is 5.15. The van der Waals surface area contributed by atoms with Crippen molar-refractivity contribution < 1.29 is 14.7 Å². The Balaban J connectivity index is 0.000000212. The van der Waals surface area contributed by atoms with Crippen molar-refractivity contribution >= 4 is 45.7 Å². The average molecular weight is 444 g/mol. The van der Waals surface area contributed by atoms with Crippen LogP contribution < -0.4 is 5.32 Å². The molecule has 3 heterocycles. The monoisotopic (exact) mass is 443 g/mol. The number of carboxylic acids is 1. The van der Waals surface area contributed by atoms with Crippen LogP contribution in [-0.2, 0) is 0 Å². The molecule has 30 heavy (non-hydrogen) atoms. The first kappa shape index (κ1) is 23.1. The molecule has 1 aromatic carbocycles. The van der Waals surface area contributed by atoms with Gasteiger partial charge >= 0.3 is 5.97 Å². The molecule has 4 aromatic rings.